The van der Waals surface area contributed by atoms with Gasteiger partial charge in [-0.3, -0.25) is 9.89 Å². The Bertz CT molecular complexity index is 425. The van der Waals surface area contributed by atoms with Gasteiger partial charge in [0.05, 0.1) is 25.8 Å². The van der Waals surface area contributed by atoms with Gasteiger partial charge in [-0.1, -0.05) is 23.7 Å². The number of aliphatic imine (C=N–C) groups is 1. The van der Waals surface area contributed by atoms with Crippen molar-refractivity contribution >= 4 is 17.6 Å². The van der Waals surface area contributed by atoms with E-state index in [0.717, 1.165) is 36.9 Å². The van der Waals surface area contributed by atoms with E-state index in [2.05, 4.69) is 9.89 Å². The van der Waals surface area contributed by atoms with Gasteiger partial charge < -0.3 is 16.2 Å². The zero-order valence-corrected chi connectivity index (χ0v) is 11.5. The summed E-state index contributed by atoms with van der Waals surface area (Å²) < 4.78 is 5.38. The van der Waals surface area contributed by atoms with Gasteiger partial charge in [0.2, 0.25) is 0 Å². The Labute approximate surface area is 118 Å². The second-order valence-corrected chi connectivity index (χ2v) is 4.92. The maximum atomic E-state index is 5.93. The second-order valence-electron chi connectivity index (χ2n) is 4.48. The zero-order chi connectivity index (χ0) is 13.7. The summed E-state index contributed by atoms with van der Waals surface area (Å²) in [6.45, 7) is 3.79. The van der Waals surface area contributed by atoms with E-state index in [4.69, 9.17) is 27.8 Å². The minimum atomic E-state index is 0.118. The summed E-state index contributed by atoms with van der Waals surface area (Å²) in [6.07, 6.45) is 0. The Kier molecular flexibility index (Phi) is 5.01. The van der Waals surface area contributed by atoms with Crippen LogP contribution in [0.5, 0.6) is 0 Å². The van der Waals surface area contributed by atoms with Crippen LogP contribution in [0.1, 0.15) is 11.6 Å². The average Bonchev–Trinajstić information content (AvgIpc) is 2.42. The predicted octanol–water partition coefficient (Wildman–Crippen LogP) is 0.987. The monoisotopic (exact) mass is 282 g/mol. The van der Waals surface area contributed by atoms with Crippen molar-refractivity contribution in [2.24, 2.45) is 16.5 Å². The summed E-state index contributed by atoms with van der Waals surface area (Å²) in [4.78, 5) is 6.49. The summed E-state index contributed by atoms with van der Waals surface area (Å²) in [7, 11) is 0. The molecule has 5 nitrogen and oxygen atoms in total. The van der Waals surface area contributed by atoms with Crippen molar-refractivity contribution in [3.05, 3.63) is 34.9 Å². The summed E-state index contributed by atoms with van der Waals surface area (Å²) in [5.41, 5.74) is 12.0. The minimum Gasteiger partial charge on any atom is -0.379 e. The fourth-order valence-corrected chi connectivity index (χ4v) is 2.32. The molecule has 19 heavy (non-hydrogen) atoms. The van der Waals surface area contributed by atoms with E-state index in [1.807, 2.05) is 24.3 Å². The number of rotatable bonds is 4. The van der Waals surface area contributed by atoms with Crippen molar-refractivity contribution in [2.45, 2.75) is 6.04 Å². The molecule has 1 saturated heterocycles. The first-order chi connectivity index (χ1) is 9.16. The molecule has 1 aliphatic rings. The number of nitrogens with zero attached hydrogens (tertiary/aromatic N) is 2. The van der Waals surface area contributed by atoms with Gasteiger partial charge in [-0.05, 0) is 17.7 Å². The number of guanidine groups is 1. The molecule has 0 radical (unpaired) electrons. The van der Waals surface area contributed by atoms with E-state index < -0.39 is 0 Å². The Hall–Kier alpha value is -1.30. The van der Waals surface area contributed by atoms with Gasteiger partial charge in [-0.2, -0.15) is 0 Å². The lowest BCUT2D eigenvalue weighted by molar-refractivity contribution is 0.0180. The normalized spacial score (nSPS) is 17.9. The van der Waals surface area contributed by atoms with Gasteiger partial charge >= 0.3 is 0 Å². The molecular weight excluding hydrogens is 264 g/mol. The molecule has 1 aromatic carbocycles. The second kappa shape index (κ2) is 6.75. The molecule has 0 bridgehead atoms. The Morgan fingerprint density at radius 2 is 1.89 bits per heavy atom. The number of hydrogen-bond donors (Lipinski definition) is 2. The van der Waals surface area contributed by atoms with E-state index in [0.29, 0.717) is 6.54 Å². The molecule has 0 aromatic heterocycles. The molecule has 0 spiro atoms. The van der Waals surface area contributed by atoms with Crippen molar-refractivity contribution in [1.29, 1.82) is 0 Å². The molecule has 0 amide bonds. The molecule has 1 atom stereocenters. The molecule has 2 rings (SSSR count). The van der Waals surface area contributed by atoms with Gasteiger partial charge in [0, 0.05) is 18.1 Å². The third-order valence-electron chi connectivity index (χ3n) is 3.19. The smallest absolute Gasteiger partial charge is 0.185 e. The van der Waals surface area contributed by atoms with Crippen molar-refractivity contribution in [3.63, 3.8) is 0 Å². The van der Waals surface area contributed by atoms with Crippen LogP contribution in [0.4, 0.5) is 0 Å². The molecule has 104 valence electrons. The number of benzene rings is 1. The molecule has 1 fully saturated rings. The van der Waals surface area contributed by atoms with Gasteiger partial charge in [0.1, 0.15) is 0 Å². The highest BCUT2D eigenvalue weighted by Gasteiger charge is 2.22. The summed E-state index contributed by atoms with van der Waals surface area (Å²) >= 11 is 5.93. The van der Waals surface area contributed by atoms with E-state index in [1.54, 1.807) is 0 Å². The Morgan fingerprint density at radius 3 is 2.47 bits per heavy atom. The maximum absolute atomic E-state index is 5.93. The summed E-state index contributed by atoms with van der Waals surface area (Å²) in [5, 5.41) is 0.728. The summed E-state index contributed by atoms with van der Waals surface area (Å²) in [5.74, 6) is 0.118. The van der Waals surface area contributed by atoms with Crippen LogP contribution in [0.2, 0.25) is 5.02 Å². The van der Waals surface area contributed by atoms with Crippen LogP contribution in [0.15, 0.2) is 29.3 Å². The van der Waals surface area contributed by atoms with Crippen LogP contribution >= 0.6 is 11.6 Å². The van der Waals surface area contributed by atoms with Crippen LogP contribution in [0, 0.1) is 0 Å². The van der Waals surface area contributed by atoms with Gasteiger partial charge in [-0.25, -0.2) is 0 Å². The lowest BCUT2D eigenvalue weighted by atomic mass is 10.0. The number of nitrogens with two attached hydrogens (primary N) is 2. The fraction of sp³-hybridized carbons (Fsp3) is 0.462. The number of halogens is 1. The van der Waals surface area contributed by atoms with Crippen LogP contribution in [0.25, 0.3) is 0 Å². The number of morpholine rings is 1. The zero-order valence-electron chi connectivity index (χ0n) is 10.8. The third-order valence-corrected chi connectivity index (χ3v) is 3.44. The van der Waals surface area contributed by atoms with E-state index in [9.17, 15) is 0 Å². The van der Waals surface area contributed by atoms with Crippen LogP contribution in [0.3, 0.4) is 0 Å². The molecular formula is C13H19ClN4O. The highest BCUT2D eigenvalue weighted by Crippen LogP contribution is 2.23. The highest BCUT2D eigenvalue weighted by molar-refractivity contribution is 6.30. The maximum Gasteiger partial charge on any atom is 0.185 e. The molecule has 1 unspecified atom stereocenters. The fourth-order valence-electron chi connectivity index (χ4n) is 2.20. The molecule has 6 heteroatoms. The number of hydrogen-bond acceptors (Lipinski definition) is 3. The highest BCUT2D eigenvalue weighted by atomic mass is 35.5. The quantitative estimate of drug-likeness (QED) is 0.638. The molecule has 0 aliphatic carbocycles. The third kappa shape index (κ3) is 4.09. The minimum absolute atomic E-state index is 0.118. The largest absolute Gasteiger partial charge is 0.379 e. The lowest BCUT2D eigenvalue weighted by Crippen LogP contribution is -2.40. The standard InChI is InChI=1S/C13H19ClN4O/c14-11-3-1-10(2-4-11)12(9-17-13(15)16)18-5-7-19-8-6-18/h1-4,12H,5-9H2,(H4,15,16,17). The van der Waals surface area contributed by atoms with E-state index in [1.165, 1.54) is 0 Å². The molecule has 1 heterocycles. The van der Waals surface area contributed by atoms with E-state index >= 15 is 0 Å². The van der Waals surface area contributed by atoms with Crippen molar-refractivity contribution < 1.29 is 4.74 Å². The van der Waals surface area contributed by atoms with Gasteiger partial charge in [0.25, 0.3) is 0 Å². The van der Waals surface area contributed by atoms with Gasteiger partial charge in [-0.15, -0.1) is 0 Å². The lowest BCUT2D eigenvalue weighted by Gasteiger charge is -2.34. The van der Waals surface area contributed by atoms with Crippen molar-refractivity contribution in [2.75, 3.05) is 32.8 Å². The SMILES string of the molecule is NC(N)=NCC(c1ccc(Cl)cc1)N1CCOCC1. The molecule has 0 saturated carbocycles. The molecule has 4 N–H and O–H groups in total. The van der Waals surface area contributed by atoms with Crippen molar-refractivity contribution in [3.8, 4) is 0 Å². The predicted molar refractivity (Wildman–Crippen MR) is 77.3 cm³/mol. The van der Waals surface area contributed by atoms with E-state index in [-0.39, 0.29) is 12.0 Å². The van der Waals surface area contributed by atoms with Crippen LogP contribution in [-0.4, -0.2) is 43.7 Å². The topological polar surface area (TPSA) is 76.9 Å². The average molecular weight is 283 g/mol. The number of ether oxygens (including phenoxy) is 1. The van der Waals surface area contributed by atoms with Crippen LogP contribution < -0.4 is 11.5 Å². The molecule has 1 aliphatic heterocycles. The Balaban J connectivity index is 2.17. The van der Waals surface area contributed by atoms with Gasteiger partial charge in [0.15, 0.2) is 5.96 Å². The first kappa shape index (κ1) is 14.1. The first-order valence-corrected chi connectivity index (χ1v) is 6.67. The summed E-state index contributed by atoms with van der Waals surface area (Å²) in [6, 6.07) is 7.97. The van der Waals surface area contributed by atoms with Crippen molar-refractivity contribution in [1.82, 2.24) is 4.90 Å². The van der Waals surface area contributed by atoms with Crippen LogP contribution in [-0.2, 0) is 4.74 Å². The first-order valence-electron chi connectivity index (χ1n) is 6.29. The molecule has 1 aromatic rings. The Morgan fingerprint density at radius 1 is 1.26 bits per heavy atom.